The van der Waals surface area contributed by atoms with Crippen LogP contribution in [0.15, 0.2) is 30.3 Å². The fraction of sp³-hybridized carbons (Fsp3) is 0.500. The van der Waals surface area contributed by atoms with E-state index in [1.54, 1.807) is 12.1 Å². The van der Waals surface area contributed by atoms with Crippen molar-refractivity contribution in [2.24, 2.45) is 5.92 Å². The SMILES string of the molecule is CCCC(C(=O)O)C(O)(CC)c1ccccc1. The van der Waals surface area contributed by atoms with Crippen LogP contribution in [-0.2, 0) is 10.4 Å². The fourth-order valence-electron chi connectivity index (χ4n) is 2.23. The number of benzene rings is 1. The summed E-state index contributed by atoms with van der Waals surface area (Å²) in [6.07, 6.45) is 1.62. The highest BCUT2D eigenvalue weighted by Gasteiger charge is 2.40. The van der Waals surface area contributed by atoms with Crippen LogP contribution in [0.25, 0.3) is 0 Å². The average molecular weight is 236 g/mol. The molecule has 0 aliphatic heterocycles. The predicted molar refractivity (Wildman–Crippen MR) is 66.7 cm³/mol. The van der Waals surface area contributed by atoms with Crippen LogP contribution in [0.5, 0.6) is 0 Å². The number of aliphatic hydroxyl groups is 1. The molecule has 0 aromatic heterocycles. The topological polar surface area (TPSA) is 57.5 Å². The molecule has 3 heteroatoms. The molecule has 0 amide bonds. The van der Waals surface area contributed by atoms with Gasteiger partial charge in [0.15, 0.2) is 0 Å². The van der Waals surface area contributed by atoms with Gasteiger partial charge in [-0.25, -0.2) is 0 Å². The summed E-state index contributed by atoms with van der Waals surface area (Å²) in [6.45, 7) is 3.75. The van der Waals surface area contributed by atoms with E-state index in [2.05, 4.69) is 0 Å². The van der Waals surface area contributed by atoms with Crippen LogP contribution in [0.3, 0.4) is 0 Å². The third-order valence-electron chi connectivity index (χ3n) is 3.26. The lowest BCUT2D eigenvalue weighted by atomic mass is 9.77. The van der Waals surface area contributed by atoms with E-state index in [1.807, 2.05) is 32.0 Å². The van der Waals surface area contributed by atoms with Crippen molar-refractivity contribution in [2.75, 3.05) is 0 Å². The molecule has 0 aliphatic rings. The molecule has 1 aromatic rings. The van der Waals surface area contributed by atoms with Crippen LogP contribution in [0.4, 0.5) is 0 Å². The Morgan fingerprint density at radius 3 is 2.29 bits per heavy atom. The number of hydrogen-bond donors (Lipinski definition) is 2. The van der Waals surface area contributed by atoms with Gasteiger partial charge in [-0.15, -0.1) is 0 Å². The summed E-state index contributed by atoms with van der Waals surface area (Å²) in [5.41, 5.74) is -0.591. The molecule has 1 aromatic carbocycles. The standard InChI is InChI=1S/C14H20O3/c1-3-8-12(13(15)16)14(17,4-2)11-9-6-5-7-10-11/h5-7,9-10,12,17H,3-4,8H2,1-2H3,(H,15,16). The molecule has 1 rings (SSSR count). The van der Waals surface area contributed by atoms with Gasteiger partial charge in [0.05, 0.1) is 5.92 Å². The maximum Gasteiger partial charge on any atom is 0.309 e. The second kappa shape index (κ2) is 5.82. The Morgan fingerprint density at radius 1 is 1.29 bits per heavy atom. The number of carboxylic acid groups (broad SMARTS) is 1. The zero-order valence-corrected chi connectivity index (χ0v) is 10.4. The highest BCUT2D eigenvalue weighted by molar-refractivity contribution is 5.72. The first-order valence-corrected chi connectivity index (χ1v) is 6.07. The minimum absolute atomic E-state index is 0.397. The molecule has 2 atom stereocenters. The van der Waals surface area contributed by atoms with Crippen LogP contribution in [0, 0.1) is 5.92 Å². The zero-order valence-electron chi connectivity index (χ0n) is 10.4. The minimum atomic E-state index is -1.27. The van der Waals surface area contributed by atoms with Crippen LogP contribution in [-0.4, -0.2) is 16.2 Å². The summed E-state index contributed by atoms with van der Waals surface area (Å²) in [7, 11) is 0. The van der Waals surface area contributed by atoms with Crippen molar-refractivity contribution in [3.63, 3.8) is 0 Å². The minimum Gasteiger partial charge on any atom is -0.481 e. The van der Waals surface area contributed by atoms with E-state index >= 15 is 0 Å². The van der Waals surface area contributed by atoms with Crippen molar-refractivity contribution < 1.29 is 15.0 Å². The number of aliphatic carboxylic acids is 1. The van der Waals surface area contributed by atoms with Gasteiger partial charge < -0.3 is 10.2 Å². The third kappa shape index (κ3) is 2.86. The van der Waals surface area contributed by atoms with E-state index in [4.69, 9.17) is 0 Å². The average Bonchev–Trinajstić information content (AvgIpc) is 2.35. The Kier molecular flexibility index (Phi) is 4.70. The lowest BCUT2D eigenvalue weighted by Gasteiger charge is -2.33. The zero-order chi connectivity index (χ0) is 12.9. The number of rotatable bonds is 6. The maximum atomic E-state index is 11.3. The van der Waals surface area contributed by atoms with Crippen molar-refractivity contribution in [1.29, 1.82) is 0 Å². The van der Waals surface area contributed by atoms with Crippen molar-refractivity contribution in [2.45, 2.75) is 38.7 Å². The second-order valence-electron chi connectivity index (χ2n) is 4.32. The van der Waals surface area contributed by atoms with E-state index in [1.165, 1.54) is 0 Å². The van der Waals surface area contributed by atoms with Gasteiger partial charge >= 0.3 is 5.97 Å². The molecule has 0 spiro atoms. The molecule has 0 aliphatic carbocycles. The Hall–Kier alpha value is -1.35. The normalized spacial score (nSPS) is 16.2. The Labute approximate surface area is 102 Å². The summed E-state index contributed by atoms with van der Waals surface area (Å²) >= 11 is 0. The van der Waals surface area contributed by atoms with Crippen LogP contribution < -0.4 is 0 Å². The monoisotopic (exact) mass is 236 g/mol. The second-order valence-corrected chi connectivity index (χ2v) is 4.32. The Morgan fingerprint density at radius 2 is 1.88 bits per heavy atom. The Bertz CT molecular complexity index is 361. The molecule has 0 bridgehead atoms. The van der Waals surface area contributed by atoms with Crippen LogP contribution in [0.1, 0.15) is 38.7 Å². The molecule has 17 heavy (non-hydrogen) atoms. The fourth-order valence-corrected chi connectivity index (χ4v) is 2.23. The quantitative estimate of drug-likeness (QED) is 0.798. The van der Waals surface area contributed by atoms with Crippen molar-refractivity contribution in [3.8, 4) is 0 Å². The molecule has 0 saturated carbocycles. The van der Waals surface area contributed by atoms with E-state index in [9.17, 15) is 15.0 Å². The predicted octanol–water partition coefficient (Wildman–Crippen LogP) is 2.79. The molecule has 2 N–H and O–H groups in total. The summed E-state index contributed by atoms with van der Waals surface area (Å²) in [4.78, 5) is 11.3. The molecular weight excluding hydrogens is 216 g/mol. The lowest BCUT2D eigenvalue weighted by molar-refractivity contribution is -0.154. The lowest BCUT2D eigenvalue weighted by Crippen LogP contribution is -2.39. The molecule has 3 nitrogen and oxygen atoms in total. The smallest absolute Gasteiger partial charge is 0.309 e. The molecular formula is C14H20O3. The first-order chi connectivity index (χ1) is 8.06. The van der Waals surface area contributed by atoms with Gasteiger partial charge in [0.25, 0.3) is 0 Å². The highest BCUT2D eigenvalue weighted by atomic mass is 16.4. The van der Waals surface area contributed by atoms with E-state index < -0.39 is 17.5 Å². The molecule has 0 saturated heterocycles. The molecule has 0 heterocycles. The maximum absolute atomic E-state index is 11.3. The van der Waals surface area contributed by atoms with Crippen LogP contribution in [0.2, 0.25) is 0 Å². The van der Waals surface area contributed by atoms with Crippen molar-refractivity contribution >= 4 is 5.97 Å². The highest BCUT2D eigenvalue weighted by Crippen LogP contribution is 2.35. The third-order valence-corrected chi connectivity index (χ3v) is 3.26. The Balaban J connectivity index is 3.13. The van der Waals surface area contributed by atoms with Gasteiger partial charge in [0.1, 0.15) is 5.60 Å². The van der Waals surface area contributed by atoms with E-state index in [-0.39, 0.29) is 0 Å². The summed E-state index contributed by atoms with van der Waals surface area (Å²) in [6, 6.07) is 9.07. The van der Waals surface area contributed by atoms with Gasteiger partial charge in [-0.05, 0) is 18.4 Å². The summed E-state index contributed by atoms with van der Waals surface area (Å²) in [5.74, 6) is -1.68. The molecule has 94 valence electrons. The van der Waals surface area contributed by atoms with E-state index in [0.717, 1.165) is 6.42 Å². The summed E-state index contributed by atoms with van der Waals surface area (Å²) < 4.78 is 0. The largest absolute Gasteiger partial charge is 0.481 e. The van der Waals surface area contributed by atoms with E-state index in [0.29, 0.717) is 18.4 Å². The number of carbonyl (C=O) groups is 1. The first-order valence-electron chi connectivity index (χ1n) is 6.07. The first kappa shape index (κ1) is 13.7. The van der Waals surface area contributed by atoms with Gasteiger partial charge in [-0.1, -0.05) is 50.6 Å². The van der Waals surface area contributed by atoms with Gasteiger partial charge in [-0.3, -0.25) is 4.79 Å². The van der Waals surface area contributed by atoms with Crippen molar-refractivity contribution in [1.82, 2.24) is 0 Å². The molecule has 0 fully saturated rings. The van der Waals surface area contributed by atoms with Crippen molar-refractivity contribution in [3.05, 3.63) is 35.9 Å². The molecule has 2 unspecified atom stereocenters. The van der Waals surface area contributed by atoms with Gasteiger partial charge in [0.2, 0.25) is 0 Å². The molecule has 0 radical (unpaired) electrons. The number of hydrogen-bond acceptors (Lipinski definition) is 2. The van der Waals surface area contributed by atoms with Gasteiger partial charge in [-0.2, -0.15) is 0 Å². The summed E-state index contributed by atoms with van der Waals surface area (Å²) in [5, 5.41) is 19.9. The number of carboxylic acids is 1. The van der Waals surface area contributed by atoms with Crippen LogP contribution >= 0.6 is 0 Å². The van der Waals surface area contributed by atoms with Gasteiger partial charge in [0, 0.05) is 0 Å².